The number of rotatable bonds is 6. The van der Waals surface area contributed by atoms with Crippen LogP contribution in [0.2, 0.25) is 0 Å². The molecule has 0 aliphatic rings. The van der Waals surface area contributed by atoms with Gasteiger partial charge in [0.2, 0.25) is 10.0 Å². The summed E-state index contributed by atoms with van der Waals surface area (Å²) in [6, 6.07) is 9.27. The van der Waals surface area contributed by atoms with E-state index in [0.717, 1.165) is 17.5 Å². The number of hydrogen-bond acceptors (Lipinski definition) is 4. The number of nitrogens with one attached hydrogen (secondary N) is 1. The Bertz CT molecular complexity index is 677. The lowest BCUT2D eigenvalue weighted by molar-refractivity contribution is 0.285. The summed E-state index contributed by atoms with van der Waals surface area (Å²) in [5.74, 6) is 0. The molecule has 0 radical (unpaired) electrons. The maximum absolute atomic E-state index is 12.1. The summed E-state index contributed by atoms with van der Waals surface area (Å²) in [4.78, 5) is 0.847. The van der Waals surface area contributed by atoms with Gasteiger partial charge in [0.05, 0.1) is 11.5 Å². The molecule has 0 aliphatic heterocycles. The fourth-order valence-electron chi connectivity index (χ4n) is 1.92. The lowest BCUT2D eigenvalue weighted by Gasteiger charge is -2.09. The van der Waals surface area contributed by atoms with Crippen molar-refractivity contribution in [1.82, 2.24) is 4.72 Å². The van der Waals surface area contributed by atoms with E-state index in [1.54, 1.807) is 5.38 Å². The van der Waals surface area contributed by atoms with Crippen LogP contribution in [0.25, 0.3) is 0 Å². The maximum atomic E-state index is 12.1. The first-order chi connectivity index (χ1) is 9.56. The van der Waals surface area contributed by atoms with Crippen LogP contribution in [0.3, 0.4) is 0 Å². The van der Waals surface area contributed by atoms with E-state index in [1.807, 2.05) is 31.2 Å². The van der Waals surface area contributed by atoms with Gasteiger partial charge < -0.3 is 5.11 Å². The van der Waals surface area contributed by atoms with Crippen LogP contribution in [-0.2, 0) is 29.6 Å². The van der Waals surface area contributed by atoms with Crippen LogP contribution in [0.4, 0.5) is 0 Å². The minimum Gasteiger partial charge on any atom is -0.391 e. The minimum absolute atomic E-state index is 0.140. The Morgan fingerprint density at radius 3 is 2.55 bits per heavy atom. The Kier molecular flexibility index (Phi) is 4.93. The lowest BCUT2D eigenvalue weighted by Crippen LogP contribution is -2.23. The van der Waals surface area contributed by atoms with Crippen molar-refractivity contribution in [2.24, 2.45) is 0 Å². The molecule has 1 heterocycles. The molecule has 0 atom stereocenters. The SMILES string of the molecule is CCc1ccccc1CNS(=O)(=O)c1csc(CO)c1. The zero-order valence-electron chi connectivity index (χ0n) is 11.2. The second kappa shape index (κ2) is 6.49. The summed E-state index contributed by atoms with van der Waals surface area (Å²) in [5.41, 5.74) is 2.12. The summed E-state index contributed by atoms with van der Waals surface area (Å²) in [7, 11) is -3.52. The third-order valence-electron chi connectivity index (χ3n) is 3.05. The summed E-state index contributed by atoms with van der Waals surface area (Å²) in [6.45, 7) is 2.18. The first kappa shape index (κ1) is 15.2. The van der Waals surface area contributed by atoms with Gasteiger partial charge in [-0.05, 0) is 23.6 Å². The van der Waals surface area contributed by atoms with Crippen LogP contribution in [0, 0.1) is 0 Å². The van der Waals surface area contributed by atoms with Crippen LogP contribution in [0.1, 0.15) is 22.9 Å². The van der Waals surface area contributed by atoms with Gasteiger partial charge >= 0.3 is 0 Å². The van der Waals surface area contributed by atoms with Gasteiger partial charge in [0.15, 0.2) is 0 Å². The summed E-state index contributed by atoms with van der Waals surface area (Å²) < 4.78 is 26.9. The van der Waals surface area contributed by atoms with Gasteiger partial charge in [-0.25, -0.2) is 13.1 Å². The van der Waals surface area contributed by atoms with Crippen molar-refractivity contribution in [2.45, 2.75) is 31.4 Å². The maximum Gasteiger partial charge on any atom is 0.241 e. The van der Waals surface area contributed by atoms with Crippen LogP contribution in [0.5, 0.6) is 0 Å². The first-order valence-corrected chi connectivity index (χ1v) is 8.68. The Morgan fingerprint density at radius 2 is 1.95 bits per heavy atom. The van der Waals surface area contributed by atoms with E-state index in [4.69, 9.17) is 5.11 Å². The van der Waals surface area contributed by atoms with Crippen LogP contribution < -0.4 is 4.72 Å². The lowest BCUT2D eigenvalue weighted by atomic mass is 10.1. The standard InChI is InChI=1S/C14H17NO3S2/c1-2-11-5-3-4-6-12(11)8-15-20(17,18)14-7-13(9-16)19-10-14/h3-7,10,15-16H,2,8-9H2,1H3. The largest absolute Gasteiger partial charge is 0.391 e. The molecule has 108 valence electrons. The van der Waals surface area contributed by atoms with Crippen molar-refractivity contribution in [3.8, 4) is 0 Å². The van der Waals surface area contributed by atoms with Crippen molar-refractivity contribution in [2.75, 3.05) is 0 Å². The minimum atomic E-state index is -3.52. The normalized spacial score (nSPS) is 11.7. The molecule has 2 N–H and O–H groups in total. The van der Waals surface area contributed by atoms with Crippen LogP contribution >= 0.6 is 11.3 Å². The van der Waals surface area contributed by atoms with Gasteiger partial charge in [-0.15, -0.1) is 11.3 Å². The Balaban J connectivity index is 2.13. The molecule has 1 aromatic heterocycles. The highest BCUT2D eigenvalue weighted by atomic mass is 32.2. The van der Waals surface area contributed by atoms with Crippen molar-refractivity contribution < 1.29 is 13.5 Å². The molecule has 2 aromatic rings. The molecule has 0 fully saturated rings. The number of benzene rings is 1. The van der Waals surface area contributed by atoms with Gasteiger partial charge in [-0.3, -0.25) is 0 Å². The first-order valence-electron chi connectivity index (χ1n) is 6.31. The van der Waals surface area contributed by atoms with Crippen LogP contribution in [-0.4, -0.2) is 13.5 Å². The van der Waals surface area contributed by atoms with E-state index in [2.05, 4.69) is 4.72 Å². The second-order valence-electron chi connectivity index (χ2n) is 4.35. The third kappa shape index (κ3) is 3.46. The molecule has 4 nitrogen and oxygen atoms in total. The molecular weight excluding hydrogens is 294 g/mol. The van der Waals surface area contributed by atoms with Crippen molar-refractivity contribution in [1.29, 1.82) is 0 Å². The number of sulfonamides is 1. The average molecular weight is 311 g/mol. The Labute approximate surface area is 123 Å². The zero-order chi connectivity index (χ0) is 14.6. The molecule has 0 aliphatic carbocycles. The average Bonchev–Trinajstić information content (AvgIpc) is 2.95. The Hall–Kier alpha value is -1.21. The Morgan fingerprint density at radius 1 is 1.25 bits per heavy atom. The monoisotopic (exact) mass is 311 g/mol. The van der Waals surface area contributed by atoms with Gasteiger partial charge in [0.1, 0.15) is 0 Å². The molecule has 0 saturated heterocycles. The molecule has 2 rings (SSSR count). The fourth-order valence-corrected chi connectivity index (χ4v) is 4.06. The van der Waals surface area contributed by atoms with Crippen molar-refractivity contribution in [3.05, 3.63) is 51.7 Å². The molecule has 1 aromatic carbocycles. The molecule has 0 amide bonds. The molecule has 0 saturated carbocycles. The molecular formula is C14H17NO3S2. The topological polar surface area (TPSA) is 66.4 Å². The number of thiophene rings is 1. The van der Waals surface area contributed by atoms with Crippen molar-refractivity contribution >= 4 is 21.4 Å². The summed E-state index contributed by atoms with van der Waals surface area (Å²) >= 11 is 1.24. The predicted molar refractivity (Wildman–Crippen MR) is 80.1 cm³/mol. The van der Waals surface area contributed by atoms with Gasteiger partial charge in [0, 0.05) is 16.8 Å². The van der Waals surface area contributed by atoms with E-state index in [-0.39, 0.29) is 18.0 Å². The van der Waals surface area contributed by atoms with E-state index in [9.17, 15) is 8.42 Å². The molecule has 6 heteroatoms. The zero-order valence-corrected chi connectivity index (χ0v) is 12.8. The van der Waals surface area contributed by atoms with Gasteiger partial charge in [0.25, 0.3) is 0 Å². The summed E-state index contributed by atoms with van der Waals surface area (Å²) in [6.07, 6.45) is 0.866. The van der Waals surface area contributed by atoms with Crippen LogP contribution in [0.15, 0.2) is 40.6 Å². The van der Waals surface area contributed by atoms with Gasteiger partial charge in [-0.1, -0.05) is 31.2 Å². The molecule has 0 bridgehead atoms. The molecule has 0 unspecified atom stereocenters. The highest BCUT2D eigenvalue weighted by Crippen LogP contribution is 2.19. The molecule has 0 spiro atoms. The predicted octanol–water partition coefficient (Wildman–Crippen LogP) is 2.28. The van der Waals surface area contributed by atoms with E-state index >= 15 is 0 Å². The smallest absolute Gasteiger partial charge is 0.241 e. The highest BCUT2D eigenvalue weighted by molar-refractivity contribution is 7.89. The second-order valence-corrected chi connectivity index (χ2v) is 7.12. The van der Waals surface area contributed by atoms with E-state index < -0.39 is 10.0 Å². The third-order valence-corrected chi connectivity index (χ3v) is 5.50. The quantitative estimate of drug-likeness (QED) is 0.860. The van der Waals surface area contributed by atoms with E-state index in [1.165, 1.54) is 17.4 Å². The van der Waals surface area contributed by atoms with E-state index in [0.29, 0.717) is 4.88 Å². The number of hydrogen-bond donors (Lipinski definition) is 2. The summed E-state index contributed by atoms with van der Waals surface area (Å²) in [5, 5.41) is 10.5. The van der Waals surface area contributed by atoms with Crippen molar-refractivity contribution in [3.63, 3.8) is 0 Å². The number of aliphatic hydroxyl groups is 1. The van der Waals surface area contributed by atoms with Gasteiger partial charge in [-0.2, -0.15) is 0 Å². The number of aliphatic hydroxyl groups excluding tert-OH is 1. The fraction of sp³-hybridized carbons (Fsp3) is 0.286. The molecule has 20 heavy (non-hydrogen) atoms. The highest BCUT2D eigenvalue weighted by Gasteiger charge is 2.16. The number of aryl methyl sites for hydroxylation is 1.